The molecule has 0 saturated carbocycles. The summed E-state index contributed by atoms with van der Waals surface area (Å²) in [5.74, 6) is 0.960. The van der Waals surface area contributed by atoms with Crippen LogP contribution in [0.3, 0.4) is 0 Å². The summed E-state index contributed by atoms with van der Waals surface area (Å²) < 4.78 is 0. The van der Waals surface area contributed by atoms with E-state index in [1.165, 1.54) is 5.56 Å². The van der Waals surface area contributed by atoms with Crippen LogP contribution in [0.4, 0.5) is 11.5 Å². The zero-order chi connectivity index (χ0) is 10.7. The Morgan fingerprint density at radius 1 is 1.00 bits per heavy atom. The molecule has 0 unspecified atom stereocenters. The lowest BCUT2D eigenvalue weighted by atomic mass is 10.2. The van der Waals surface area contributed by atoms with Gasteiger partial charge in [-0.3, -0.25) is 0 Å². The minimum Gasteiger partial charge on any atom is -0.329 e. The molecular weight excluding hydrogens is 184 g/mol. The minimum absolute atomic E-state index is 0.960. The van der Waals surface area contributed by atoms with Gasteiger partial charge in [-0.15, -0.1) is 0 Å². The van der Waals surface area contributed by atoms with Gasteiger partial charge in [0, 0.05) is 18.9 Å². The fourth-order valence-corrected chi connectivity index (χ4v) is 1.45. The number of aromatic nitrogens is 1. The molecule has 0 fully saturated rings. The number of nitrogens with zero attached hydrogens (tertiary/aromatic N) is 2. The third kappa shape index (κ3) is 2.15. The largest absolute Gasteiger partial charge is 0.329 e. The maximum Gasteiger partial charge on any atom is 0.132 e. The van der Waals surface area contributed by atoms with Gasteiger partial charge >= 0.3 is 0 Å². The summed E-state index contributed by atoms with van der Waals surface area (Å²) in [7, 11) is 2.02. The predicted octanol–water partition coefficient (Wildman–Crippen LogP) is 3.16. The van der Waals surface area contributed by atoms with Gasteiger partial charge in [0.15, 0.2) is 0 Å². The normalized spacial score (nSPS) is 10.0. The van der Waals surface area contributed by atoms with Crippen molar-refractivity contribution in [2.75, 3.05) is 11.9 Å². The Kier molecular flexibility index (Phi) is 2.68. The van der Waals surface area contributed by atoms with Gasteiger partial charge in [0.1, 0.15) is 5.82 Å². The highest BCUT2D eigenvalue weighted by Gasteiger charge is 2.02. The Hall–Kier alpha value is -1.83. The van der Waals surface area contributed by atoms with Gasteiger partial charge in [0.25, 0.3) is 0 Å². The van der Waals surface area contributed by atoms with E-state index in [4.69, 9.17) is 0 Å². The minimum atomic E-state index is 0.960. The molecule has 76 valence electrons. The zero-order valence-electron chi connectivity index (χ0n) is 9.01. The molecule has 0 bridgehead atoms. The Labute approximate surface area is 90.2 Å². The van der Waals surface area contributed by atoms with Crippen LogP contribution in [0.2, 0.25) is 0 Å². The Bertz CT molecular complexity index is 420. The zero-order valence-corrected chi connectivity index (χ0v) is 9.01. The number of aryl methyl sites for hydroxylation is 1. The molecule has 2 heteroatoms. The molecule has 0 aliphatic heterocycles. The fraction of sp³-hybridized carbons (Fsp3) is 0.154. The molecule has 1 heterocycles. The number of pyridine rings is 1. The van der Waals surface area contributed by atoms with Crippen molar-refractivity contribution in [1.29, 1.82) is 0 Å². The average molecular weight is 198 g/mol. The van der Waals surface area contributed by atoms with Crippen molar-refractivity contribution >= 4 is 11.5 Å². The van der Waals surface area contributed by atoms with E-state index in [0.29, 0.717) is 0 Å². The number of hydrogen-bond acceptors (Lipinski definition) is 2. The third-order valence-electron chi connectivity index (χ3n) is 2.41. The second kappa shape index (κ2) is 4.13. The van der Waals surface area contributed by atoms with Crippen LogP contribution in [-0.4, -0.2) is 12.0 Å². The van der Waals surface area contributed by atoms with Crippen molar-refractivity contribution in [1.82, 2.24) is 4.98 Å². The van der Waals surface area contributed by atoms with E-state index in [0.717, 1.165) is 11.5 Å². The molecule has 2 rings (SSSR count). The van der Waals surface area contributed by atoms with E-state index >= 15 is 0 Å². The molecule has 0 radical (unpaired) electrons. The number of rotatable bonds is 2. The lowest BCUT2D eigenvalue weighted by Crippen LogP contribution is -2.10. The van der Waals surface area contributed by atoms with E-state index in [2.05, 4.69) is 41.1 Å². The van der Waals surface area contributed by atoms with E-state index in [-0.39, 0.29) is 0 Å². The van der Waals surface area contributed by atoms with E-state index < -0.39 is 0 Å². The summed E-state index contributed by atoms with van der Waals surface area (Å²) in [5.41, 5.74) is 2.42. The van der Waals surface area contributed by atoms with E-state index in [1.807, 2.05) is 25.2 Å². The molecule has 0 amide bonds. The van der Waals surface area contributed by atoms with Gasteiger partial charge in [-0.05, 0) is 31.2 Å². The highest BCUT2D eigenvalue weighted by molar-refractivity contribution is 5.58. The molecule has 2 aromatic rings. The number of benzene rings is 1. The smallest absolute Gasteiger partial charge is 0.132 e. The highest BCUT2D eigenvalue weighted by Crippen LogP contribution is 2.20. The summed E-state index contributed by atoms with van der Waals surface area (Å²) in [6, 6.07) is 14.3. The van der Waals surface area contributed by atoms with Gasteiger partial charge in [-0.25, -0.2) is 4.98 Å². The molecule has 0 saturated heterocycles. The van der Waals surface area contributed by atoms with Crippen molar-refractivity contribution < 1.29 is 0 Å². The first-order valence-electron chi connectivity index (χ1n) is 4.99. The Balaban J connectivity index is 2.29. The van der Waals surface area contributed by atoms with E-state index in [9.17, 15) is 0 Å². The van der Waals surface area contributed by atoms with Crippen molar-refractivity contribution in [3.63, 3.8) is 0 Å². The third-order valence-corrected chi connectivity index (χ3v) is 2.41. The van der Waals surface area contributed by atoms with Gasteiger partial charge in [0.2, 0.25) is 0 Å². The molecule has 0 aliphatic rings. The van der Waals surface area contributed by atoms with Crippen LogP contribution in [0.1, 0.15) is 5.56 Å². The van der Waals surface area contributed by atoms with Crippen LogP contribution in [-0.2, 0) is 0 Å². The second-order valence-corrected chi connectivity index (χ2v) is 3.58. The molecule has 15 heavy (non-hydrogen) atoms. The van der Waals surface area contributed by atoms with Crippen molar-refractivity contribution in [3.05, 3.63) is 54.2 Å². The van der Waals surface area contributed by atoms with Crippen LogP contribution < -0.4 is 4.90 Å². The lowest BCUT2D eigenvalue weighted by Gasteiger charge is -2.18. The monoisotopic (exact) mass is 198 g/mol. The summed E-state index contributed by atoms with van der Waals surface area (Å²) >= 11 is 0. The molecule has 2 nitrogen and oxygen atoms in total. The maximum atomic E-state index is 4.30. The number of hydrogen-bond donors (Lipinski definition) is 0. The van der Waals surface area contributed by atoms with Crippen molar-refractivity contribution in [3.8, 4) is 0 Å². The van der Waals surface area contributed by atoms with Crippen LogP contribution >= 0.6 is 0 Å². The topological polar surface area (TPSA) is 16.1 Å². The van der Waals surface area contributed by atoms with Gasteiger partial charge in [-0.2, -0.15) is 0 Å². The average Bonchev–Trinajstić information content (AvgIpc) is 2.30. The maximum absolute atomic E-state index is 4.30. The van der Waals surface area contributed by atoms with Gasteiger partial charge in [0.05, 0.1) is 0 Å². The van der Waals surface area contributed by atoms with Crippen LogP contribution in [0.25, 0.3) is 0 Å². The number of anilines is 2. The quantitative estimate of drug-likeness (QED) is 0.736. The molecular formula is C13H14N2. The molecule has 0 spiro atoms. The van der Waals surface area contributed by atoms with Crippen molar-refractivity contribution in [2.45, 2.75) is 6.92 Å². The molecule has 0 N–H and O–H groups in total. The van der Waals surface area contributed by atoms with Crippen LogP contribution in [0.15, 0.2) is 48.7 Å². The summed E-state index contributed by atoms with van der Waals surface area (Å²) in [6.07, 6.45) is 1.81. The van der Waals surface area contributed by atoms with Crippen LogP contribution in [0, 0.1) is 6.92 Å². The lowest BCUT2D eigenvalue weighted by molar-refractivity contribution is 1.13. The SMILES string of the molecule is Cc1ccc(N(C)c2ccccn2)cc1. The van der Waals surface area contributed by atoms with Gasteiger partial charge in [-0.1, -0.05) is 23.8 Å². The molecule has 1 aromatic heterocycles. The van der Waals surface area contributed by atoms with Gasteiger partial charge < -0.3 is 4.90 Å². The molecule has 0 atom stereocenters. The fourth-order valence-electron chi connectivity index (χ4n) is 1.45. The highest BCUT2D eigenvalue weighted by atomic mass is 15.2. The van der Waals surface area contributed by atoms with Crippen LogP contribution in [0.5, 0.6) is 0 Å². The first kappa shape index (κ1) is 9.71. The van der Waals surface area contributed by atoms with Crippen molar-refractivity contribution in [2.24, 2.45) is 0 Å². The standard InChI is InChI=1S/C13H14N2/c1-11-6-8-12(9-7-11)15(2)13-5-3-4-10-14-13/h3-10H,1-2H3. The summed E-state index contributed by atoms with van der Waals surface area (Å²) in [6.45, 7) is 2.09. The Morgan fingerprint density at radius 2 is 1.73 bits per heavy atom. The first-order valence-corrected chi connectivity index (χ1v) is 4.99. The molecule has 0 aliphatic carbocycles. The molecule has 1 aromatic carbocycles. The predicted molar refractivity (Wildman–Crippen MR) is 63.5 cm³/mol. The second-order valence-electron chi connectivity index (χ2n) is 3.58. The van der Waals surface area contributed by atoms with E-state index in [1.54, 1.807) is 6.20 Å². The summed E-state index contributed by atoms with van der Waals surface area (Å²) in [4.78, 5) is 6.37. The summed E-state index contributed by atoms with van der Waals surface area (Å²) in [5, 5.41) is 0. The Morgan fingerprint density at radius 3 is 2.33 bits per heavy atom. The first-order chi connectivity index (χ1) is 7.27.